The number of alkyl halides is 6. The molecule has 0 aromatic heterocycles. The molecule has 2 aromatic carbocycles. The molecule has 0 spiro atoms. The zero-order valence-corrected chi connectivity index (χ0v) is 22.4. The van der Waals surface area contributed by atoms with Gasteiger partial charge in [-0.2, -0.15) is 13.2 Å². The number of anilines is 1. The van der Waals surface area contributed by atoms with Crippen LogP contribution >= 0.6 is 23.2 Å². The van der Waals surface area contributed by atoms with Crippen LogP contribution in [-0.4, -0.2) is 36.3 Å². The third-order valence-electron chi connectivity index (χ3n) is 5.64. The maximum Gasteiger partial charge on any atom is 0.392 e. The van der Waals surface area contributed by atoms with Crippen LogP contribution in [0.4, 0.5) is 32.0 Å². The Morgan fingerprint density at radius 3 is 2.00 bits per heavy atom. The predicted molar refractivity (Wildman–Crippen MR) is 134 cm³/mol. The highest BCUT2D eigenvalue weighted by atomic mass is 35.5. The van der Waals surface area contributed by atoms with Gasteiger partial charge in [0.2, 0.25) is 5.91 Å². The van der Waals surface area contributed by atoms with Crippen molar-refractivity contribution in [2.45, 2.75) is 70.3 Å². The number of carbonyl (C=O) groups excluding carboxylic acids is 2. The molecule has 0 aliphatic carbocycles. The molecule has 38 heavy (non-hydrogen) atoms. The van der Waals surface area contributed by atoms with Crippen molar-refractivity contribution in [2.24, 2.45) is 5.92 Å². The lowest BCUT2D eigenvalue weighted by atomic mass is 9.85. The first kappa shape index (κ1) is 31.8. The van der Waals surface area contributed by atoms with E-state index in [1.54, 1.807) is 20.8 Å². The number of hydrogen-bond donors (Lipinski definition) is 1. The van der Waals surface area contributed by atoms with Crippen molar-refractivity contribution in [3.8, 4) is 0 Å². The zero-order chi connectivity index (χ0) is 29.0. The van der Waals surface area contributed by atoms with Gasteiger partial charge in [0.15, 0.2) is 6.17 Å². The summed E-state index contributed by atoms with van der Waals surface area (Å²) in [6.07, 6.45) is -11.7. The molecule has 0 saturated carbocycles. The highest BCUT2D eigenvalue weighted by Gasteiger charge is 2.45. The van der Waals surface area contributed by atoms with Crippen molar-refractivity contribution in [1.82, 2.24) is 0 Å². The molecule has 1 amide bonds. The fourth-order valence-electron chi connectivity index (χ4n) is 3.76. The summed E-state index contributed by atoms with van der Waals surface area (Å²) in [4.78, 5) is 25.4. The van der Waals surface area contributed by atoms with E-state index in [-0.39, 0.29) is 26.9 Å². The van der Waals surface area contributed by atoms with Gasteiger partial charge in [0, 0.05) is 10.9 Å². The van der Waals surface area contributed by atoms with E-state index >= 15 is 0 Å². The maximum absolute atomic E-state index is 14.6. The minimum absolute atomic E-state index is 0.0216. The summed E-state index contributed by atoms with van der Waals surface area (Å²) >= 11 is 12.0. The smallest absolute Gasteiger partial charge is 0.392 e. The molecular weight excluding hydrogens is 559 g/mol. The summed E-state index contributed by atoms with van der Waals surface area (Å²) in [5, 5.41) is 2.41. The monoisotopic (exact) mass is 585 g/mol. The van der Waals surface area contributed by atoms with Crippen molar-refractivity contribution < 1.29 is 40.7 Å². The van der Waals surface area contributed by atoms with Gasteiger partial charge in [0.05, 0.1) is 29.0 Å². The van der Waals surface area contributed by atoms with Crippen LogP contribution in [0.25, 0.3) is 0 Å². The lowest BCUT2D eigenvalue weighted by molar-refractivity contribution is -0.178. The first-order valence-electron chi connectivity index (χ1n) is 11.5. The molecular formula is C26H27Cl2F6NO3. The quantitative estimate of drug-likeness (QED) is 0.238. The zero-order valence-electron chi connectivity index (χ0n) is 20.9. The van der Waals surface area contributed by atoms with Crippen LogP contribution in [0.2, 0.25) is 10.0 Å². The Kier molecular flexibility index (Phi) is 10.5. The van der Waals surface area contributed by atoms with E-state index in [2.05, 4.69) is 5.32 Å². The Bertz CT molecular complexity index is 1120. The molecule has 4 atom stereocenters. The summed E-state index contributed by atoms with van der Waals surface area (Å²) in [6, 6.07) is 8.64. The van der Waals surface area contributed by atoms with Crippen LogP contribution in [0.3, 0.4) is 0 Å². The lowest BCUT2D eigenvalue weighted by Gasteiger charge is -2.27. The van der Waals surface area contributed by atoms with Gasteiger partial charge in [0.1, 0.15) is 5.60 Å². The predicted octanol–water partition coefficient (Wildman–Crippen LogP) is 8.33. The van der Waals surface area contributed by atoms with E-state index in [1.165, 1.54) is 30.3 Å². The molecule has 4 nitrogen and oxygen atoms in total. The number of benzene rings is 2. The van der Waals surface area contributed by atoms with Gasteiger partial charge in [-0.05, 0) is 56.2 Å². The van der Waals surface area contributed by atoms with Crippen molar-refractivity contribution in [3.05, 3.63) is 63.6 Å². The van der Waals surface area contributed by atoms with Gasteiger partial charge in [-0.1, -0.05) is 48.3 Å². The molecule has 0 bridgehead atoms. The largest absolute Gasteiger partial charge is 0.460 e. The van der Waals surface area contributed by atoms with E-state index in [0.717, 1.165) is 19.1 Å². The lowest BCUT2D eigenvalue weighted by Crippen LogP contribution is -2.34. The molecule has 0 aliphatic rings. The first-order valence-corrected chi connectivity index (χ1v) is 12.2. The number of carbonyl (C=O) groups is 2. The summed E-state index contributed by atoms with van der Waals surface area (Å²) < 4.78 is 87.2. The minimum Gasteiger partial charge on any atom is -0.460 e. The van der Waals surface area contributed by atoms with Crippen molar-refractivity contribution in [1.29, 1.82) is 0 Å². The molecule has 0 radical (unpaired) electrons. The van der Waals surface area contributed by atoms with Crippen molar-refractivity contribution in [3.63, 3.8) is 0 Å². The highest BCUT2D eigenvalue weighted by molar-refractivity contribution is 6.33. The number of nitrogens with one attached hydrogen (secondary N) is 1. The first-order chi connectivity index (χ1) is 17.4. The van der Waals surface area contributed by atoms with Gasteiger partial charge in [-0.15, -0.1) is 0 Å². The van der Waals surface area contributed by atoms with Crippen LogP contribution in [0.15, 0.2) is 42.5 Å². The Hall–Kier alpha value is -2.46. The Labute approximate surface area is 226 Å². The van der Waals surface area contributed by atoms with E-state index in [1.807, 2.05) is 0 Å². The van der Waals surface area contributed by atoms with Gasteiger partial charge in [-0.3, -0.25) is 9.59 Å². The van der Waals surface area contributed by atoms with Crippen LogP contribution in [0.5, 0.6) is 0 Å². The summed E-state index contributed by atoms with van der Waals surface area (Å²) in [5.74, 6) is -7.56. The Balaban J connectivity index is 2.45. The Morgan fingerprint density at radius 1 is 0.947 bits per heavy atom. The number of amides is 1. The maximum atomic E-state index is 14.6. The fraction of sp³-hybridized carbons (Fsp3) is 0.462. The molecule has 2 rings (SSSR count). The second-order valence-corrected chi connectivity index (χ2v) is 10.6. The van der Waals surface area contributed by atoms with Gasteiger partial charge in [-0.25, -0.2) is 13.2 Å². The minimum atomic E-state index is -4.75. The van der Waals surface area contributed by atoms with E-state index in [0.29, 0.717) is 0 Å². The average molecular weight is 586 g/mol. The summed E-state index contributed by atoms with van der Waals surface area (Å²) in [5.41, 5.74) is -1.30. The molecule has 4 unspecified atom stereocenters. The SMILES string of the molecule is CC(C(C(=O)Nc1cc(C(CC(=O)OC(C)(C)C)C(F)C(F)F)ccc1Cl)c1ccc(Cl)cc1)C(F)(F)F. The number of esters is 1. The van der Waals surface area contributed by atoms with Gasteiger partial charge in [0.25, 0.3) is 6.43 Å². The van der Waals surface area contributed by atoms with E-state index in [9.17, 15) is 35.9 Å². The second-order valence-electron chi connectivity index (χ2n) is 9.76. The topological polar surface area (TPSA) is 55.4 Å². The van der Waals surface area contributed by atoms with Crippen LogP contribution in [0, 0.1) is 5.92 Å². The third-order valence-corrected chi connectivity index (χ3v) is 6.22. The van der Waals surface area contributed by atoms with Crippen LogP contribution in [0.1, 0.15) is 57.1 Å². The third kappa shape index (κ3) is 8.80. The summed E-state index contributed by atoms with van der Waals surface area (Å²) in [6.45, 7) is 5.49. The standard InChI is InChI=1S/C26H27Cl2F6NO3/c1-13(26(32,33)34)21(14-5-8-16(27)9-6-14)24(37)35-19-11-15(7-10-18(19)28)17(22(29)23(30)31)12-20(36)38-25(2,3)4/h5-11,13,17,21-23H,12H2,1-4H3,(H,35,37). The molecule has 210 valence electrons. The molecule has 12 heteroatoms. The molecule has 0 saturated heterocycles. The van der Waals surface area contributed by atoms with Gasteiger partial charge >= 0.3 is 12.1 Å². The number of hydrogen-bond acceptors (Lipinski definition) is 3. The van der Waals surface area contributed by atoms with Gasteiger partial charge < -0.3 is 10.1 Å². The van der Waals surface area contributed by atoms with Crippen molar-refractivity contribution in [2.75, 3.05) is 5.32 Å². The number of rotatable bonds is 9. The van der Waals surface area contributed by atoms with E-state index < -0.39 is 60.4 Å². The number of ether oxygens (including phenoxy) is 1. The van der Waals surface area contributed by atoms with Crippen molar-refractivity contribution >= 4 is 40.8 Å². The highest BCUT2D eigenvalue weighted by Crippen LogP contribution is 2.40. The molecule has 2 aromatic rings. The van der Waals surface area contributed by atoms with Crippen LogP contribution in [-0.2, 0) is 14.3 Å². The normalized spacial score (nSPS) is 15.5. The summed E-state index contributed by atoms with van der Waals surface area (Å²) in [7, 11) is 0. The molecule has 0 fully saturated rings. The van der Waals surface area contributed by atoms with Crippen LogP contribution < -0.4 is 5.32 Å². The molecule has 0 aliphatic heterocycles. The van der Waals surface area contributed by atoms with E-state index in [4.69, 9.17) is 27.9 Å². The Morgan fingerprint density at radius 2 is 1.50 bits per heavy atom. The fourth-order valence-corrected chi connectivity index (χ4v) is 4.05. The molecule has 0 heterocycles. The number of halogens is 8. The second kappa shape index (κ2) is 12.6. The average Bonchev–Trinajstić information content (AvgIpc) is 2.78. The molecule has 1 N–H and O–H groups in total.